The molecule has 3 rings (SSSR count). The predicted molar refractivity (Wildman–Crippen MR) is 91.8 cm³/mol. The van der Waals surface area contributed by atoms with E-state index in [2.05, 4.69) is 19.1 Å². The Morgan fingerprint density at radius 3 is 2.67 bits per heavy atom. The van der Waals surface area contributed by atoms with Gasteiger partial charge in [-0.05, 0) is 38.0 Å². The molecule has 0 spiro atoms. The van der Waals surface area contributed by atoms with Crippen LogP contribution in [0.25, 0.3) is 0 Å². The monoisotopic (exact) mass is 330 g/mol. The van der Waals surface area contributed by atoms with Crippen LogP contribution in [0, 0.1) is 5.92 Å². The molecule has 1 aromatic rings. The number of hydrogen-bond donors (Lipinski definition) is 0. The number of carbonyl (C=O) groups is 2. The van der Waals surface area contributed by atoms with Crippen molar-refractivity contribution in [2.75, 3.05) is 19.6 Å². The van der Waals surface area contributed by atoms with Crippen LogP contribution in [0.15, 0.2) is 24.3 Å². The normalized spacial score (nSPS) is 21.3. The smallest absolute Gasteiger partial charge is 0.228 e. The molecule has 2 amide bonds. The molecule has 0 saturated carbocycles. The van der Waals surface area contributed by atoms with Gasteiger partial charge in [-0.25, -0.2) is 0 Å². The van der Waals surface area contributed by atoms with Crippen molar-refractivity contribution in [3.8, 4) is 5.75 Å². The van der Waals surface area contributed by atoms with Crippen LogP contribution in [0.2, 0.25) is 0 Å². The van der Waals surface area contributed by atoms with Gasteiger partial charge in [0.15, 0.2) is 0 Å². The summed E-state index contributed by atoms with van der Waals surface area (Å²) in [5, 5.41) is 0. The van der Waals surface area contributed by atoms with Gasteiger partial charge in [-0.1, -0.05) is 19.1 Å². The average molecular weight is 330 g/mol. The molecule has 1 atom stereocenters. The molecule has 5 nitrogen and oxygen atoms in total. The van der Waals surface area contributed by atoms with E-state index in [4.69, 9.17) is 4.74 Å². The lowest BCUT2D eigenvalue weighted by molar-refractivity contribution is -0.144. The number of carbonyl (C=O) groups excluding carboxylic acids is 2. The number of ether oxygens (including phenoxy) is 1. The van der Waals surface area contributed by atoms with E-state index >= 15 is 0 Å². The summed E-state index contributed by atoms with van der Waals surface area (Å²) in [6.07, 6.45) is 1.38. The zero-order chi connectivity index (χ0) is 17.3. The third-order valence-electron chi connectivity index (χ3n) is 4.90. The molecule has 0 N–H and O–H groups in total. The van der Waals surface area contributed by atoms with Gasteiger partial charge < -0.3 is 14.5 Å². The van der Waals surface area contributed by atoms with Crippen LogP contribution < -0.4 is 4.74 Å². The van der Waals surface area contributed by atoms with Crippen LogP contribution in [0.3, 0.4) is 0 Å². The molecule has 0 bridgehead atoms. The number of nitrogens with zero attached hydrogens (tertiary/aromatic N) is 2. The molecule has 1 unspecified atom stereocenters. The molecule has 5 heteroatoms. The van der Waals surface area contributed by atoms with Gasteiger partial charge in [0, 0.05) is 19.0 Å². The van der Waals surface area contributed by atoms with E-state index < -0.39 is 0 Å². The number of likely N-dealkylation sites (tertiary alicyclic amines) is 2. The minimum absolute atomic E-state index is 0.0550. The lowest BCUT2D eigenvalue weighted by atomic mass is 10.0. The van der Waals surface area contributed by atoms with E-state index in [1.54, 1.807) is 4.90 Å². The molecular weight excluding hydrogens is 304 g/mol. The SMILES string of the molecule is CCc1cccc(OC2CN(C(=O)C3CC(=O)N(C(C)C)C3)C2)c1. The van der Waals surface area contributed by atoms with Crippen LogP contribution in [-0.2, 0) is 16.0 Å². The van der Waals surface area contributed by atoms with Crippen molar-refractivity contribution in [2.24, 2.45) is 5.92 Å². The summed E-state index contributed by atoms with van der Waals surface area (Å²) in [5.41, 5.74) is 1.25. The van der Waals surface area contributed by atoms with Gasteiger partial charge in [-0.15, -0.1) is 0 Å². The maximum atomic E-state index is 12.5. The van der Waals surface area contributed by atoms with Crippen LogP contribution in [-0.4, -0.2) is 53.4 Å². The van der Waals surface area contributed by atoms with Crippen molar-refractivity contribution >= 4 is 11.8 Å². The van der Waals surface area contributed by atoms with Gasteiger partial charge in [0.05, 0.1) is 19.0 Å². The predicted octanol–water partition coefficient (Wildman–Crippen LogP) is 2.10. The zero-order valence-corrected chi connectivity index (χ0v) is 14.7. The molecule has 2 aliphatic rings. The number of rotatable bonds is 5. The van der Waals surface area contributed by atoms with Gasteiger partial charge in [0.1, 0.15) is 11.9 Å². The Morgan fingerprint density at radius 2 is 2.04 bits per heavy atom. The molecule has 2 fully saturated rings. The summed E-state index contributed by atoms with van der Waals surface area (Å²) in [6, 6.07) is 8.26. The maximum absolute atomic E-state index is 12.5. The lowest BCUT2D eigenvalue weighted by Gasteiger charge is -2.40. The first kappa shape index (κ1) is 16.8. The first-order valence-electron chi connectivity index (χ1n) is 8.81. The zero-order valence-electron chi connectivity index (χ0n) is 14.7. The molecule has 2 saturated heterocycles. The second-order valence-electron chi connectivity index (χ2n) is 7.02. The highest BCUT2D eigenvalue weighted by molar-refractivity contribution is 5.89. The van der Waals surface area contributed by atoms with Crippen molar-refractivity contribution in [1.82, 2.24) is 9.80 Å². The average Bonchev–Trinajstić information content (AvgIpc) is 2.92. The number of amides is 2. The highest BCUT2D eigenvalue weighted by atomic mass is 16.5. The van der Waals surface area contributed by atoms with Gasteiger partial charge in [0.2, 0.25) is 11.8 Å². The summed E-state index contributed by atoms with van der Waals surface area (Å²) >= 11 is 0. The Morgan fingerprint density at radius 1 is 1.29 bits per heavy atom. The van der Waals surface area contributed by atoms with Crippen molar-refractivity contribution in [1.29, 1.82) is 0 Å². The molecule has 0 aromatic heterocycles. The fourth-order valence-electron chi connectivity index (χ4n) is 3.38. The minimum Gasteiger partial charge on any atom is -0.487 e. The molecular formula is C19H26N2O3. The highest BCUT2D eigenvalue weighted by Gasteiger charge is 2.41. The van der Waals surface area contributed by atoms with E-state index in [0.717, 1.165) is 12.2 Å². The summed E-state index contributed by atoms with van der Waals surface area (Å²) in [7, 11) is 0. The maximum Gasteiger partial charge on any atom is 0.228 e. The fraction of sp³-hybridized carbons (Fsp3) is 0.579. The van der Waals surface area contributed by atoms with E-state index in [1.807, 2.05) is 30.9 Å². The standard InChI is InChI=1S/C19H26N2O3/c1-4-14-6-5-7-16(8-14)24-17-11-20(12-17)19(23)15-9-18(22)21(10-15)13(2)3/h5-8,13,15,17H,4,9-12H2,1-3H3. The minimum atomic E-state index is -0.190. The number of aryl methyl sites for hydroxylation is 1. The molecule has 24 heavy (non-hydrogen) atoms. The van der Waals surface area contributed by atoms with E-state index in [0.29, 0.717) is 26.1 Å². The molecule has 130 valence electrons. The molecule has 0 aliphatic carbocycles. The van der Waals surface area contributed by atoms with E-state index in [9.17, 15) is 9.59 Å². The molecule has 0 radical (unpaired) electrons. The highest BCUT2D eigenvalue weighted by Crippen LogP contribution is 2.26. The fourth-order valence-corrected chi connectivity index (χ4v) is 3.38. The van der Waals surface area contributed by atoms with Gasteiger partial charge in [-0.2, -0.15) is 0 Å². The Bertz CT molecular complexity index is 623. The third kappa shape index (κ3) is 3.40. The van der Waals surface area contributed by atoms with Crippen molar-refractivity contribution < 1.29 is 14.3 Å². The first-order chi connectivity index (χ1) is 11.5. The van der Waals surface area contributed by atoms with Gasteiger partial charge >= 0.3 is 0 Å². The topological polar surface area (TPSA) is 49.9 Å². The van der Waals surface area contributed by atoms with Crippen LogP contribution in [0.5, 0.6) is 5.75 Å². The summed E-state index contributed by atoms with van der Waals surface area (Å²) < 4.78 is 5.95. The van der Waals surface area contributed by atoms with Crippen LogP contribution in [0.1, 0.15) is 32.8 Å². The van der Waals surface area contributed by atoms with E-state index in [-0.39, 0.29) is 29.9 Å². The second-order valence-corrected chi connectivity index (χ2v) is 7.02. The molecule has 2 heterocycles. The van der Waals surface area contributed by atoms with Crippen molar-refractivity contribution in [3.63, 3.8) is 0 Å². The molecule has 2 aliphatic heterocycles. The number of hydrogen-bond acceptors (Lipinski definition) is 3. The van der Waals surface area contributed by atoms with Crippen molar-refractivity contribution in [2.45, 2.75) is 45.8 Å². The van der Waals surface area contributed by atoms with E-state index in [1.165, 1.54) is 5.56 Å². The first-order valence-corrected chi connectivity index (χ1v) is 8.81. The van der Waals surface area contributed by atoms with Gasteiger partial charge in [0.25, 0.3) is 0 Å². The summed E-state index contributed by atoms with van der Waals surface area (Å²) in [4.78, 5) is 28.1. The quantitative estimate of drug-likeness (QED) is 0.831. The Hall–Kier alpha value is -2.04. The van der Waals surface area contributed by atoms with Gasteiger partial charge in [-0.3, -0.25) is 9.59 Å². The summed E-state index contributed by atoms with van der Waals surface area (Å²) in [5.74, 6) is 0.861. The van der Waals surface area contributed by atoms with Crippen LogP contribution in [0.4, 0.5) is 0 Å². The summed E-state index contributed by atoms with van der Waals surface area (Å²) in [6.45, 7) is 7.87. The van der Waals surface area contributed by atoms with Crippen LogP contribution >= 0.6 is 0 Å². The lowest BCUT2D eigenvalue weighted by Crippen LogP contribution is -2.57. The Balaban J connectivity index is 1.49. The third-order valence-corrected chi connectivity index (χ3v) is 4.90. The largest absolute Gasteiger partial charge is 0.487 e. The number of benzene rings is 1. The Labute approximate surface area is 143 Å². The Kier molecular flexibility index (Phi) is 4.78. The van der Waals surface area contributed by atoms with Crippen molar-refractivity contribution in [3.05, 3.63) is 29.8 Å². The molecule has 1 aromatic carbocycles. The second kappa shape index (κ2) is 6.83.